The van der Waals surface area contributed by atoms with Crippen LogP contribution < -0.4 is 0 Å². The molecule has 0 fully saturated rings. The molecule has 40 valence electrons. The SMILES string of the molecule is S.S.S.S.[Os]. The molecule has 0 aliphatic carbocycles. The Bertz CT molecular complexity index is 3.61. The van der Waals surface area contributed by atoms with Gasteiger partial charge in [-0.3, -0.25) is 0 Å². The molecule has 0 heterocycles. The van der Waals surface area contributed by atoms with Crippen LogP contribution in [0.3, 0.4) is 0 Å². The molecule has 0 amide bonds. The van der Waals surface area contributed by atoms with Gasteiger partial charge in [-0.15, -0.1) is 0 Å². The van der Waals surface area contributed by atoms with E-state index >= 15 is 0 Å². The monoisotopic (exact) mass is 328 g/mol. The van der Waals surface area contributed by atoms with E-state index in [2.05, 4.69) is 0 Å². The number of rotatable bonds is 0. The van der Waals surface area contributed by atoms with Crippen molar-refractivity contribution in [3.8, 4) is 0 Å². The molecule has 0 bridgehead atoms. The Balaban J connectivity index is 0. The summed E-state index contributed by atoms with van der Waals surface area (Å²) in [5.74, 6) is 0. The van der Waals surface area contributed by atoms with E-state index in [0.29, 0.717) is 0 Å². The minimum Gasteiger partial charge on any atom is -0.197 e. The molecule has 0 aromatic carbocycles. The van der Waals surface area contributed by atoms with Gasteiger partial charge in [0.15, 0.2) is 0 Å². The first-order valence-electron chi connectivity index (χ1n) is 0. The molecule has 0 aromatic rings. The normalized spacial score (nSPS) is 0. The van der Waals surface area contributed by atoms with Gasteiger partial charge in [0, 0.05) is 19.8 Å². The standard InChI is InChI=1S/Os.4H2S/h;4*1H2. The van der Waals surface area contributed by atoms with Gasteiger partial charge in [0.2, 0.25) is 0 Å². The van der Waals surface area contributed by atoms with Gasteiger partial charge in [0.25, 0.3) is 0 Å². The van der Waals surface area contributed by atoms with E-state index in [0.717, 1.165) is 0 Å². The van der Waals surface area contributed by atoms with E-state index in [9.17, 15) is 0 Å². The summed E-state index contributed by atoms with van der Waals surface area (Å²) in [6.07, 6.45) is 0. The van der Waals surface area contributed by atoms with E-state index < -0.39 is 0 Å². The van der Waals surface area contributed by atoms with E-state index in [1.165, 1.54) is 0 Å². The van der Waals surface area contributed by atoms with Gasteiger partial charge in [-0.05, 0) is 0 Å². The first-order chi connectivity index (χ1) is 0. The predicted octanol–water partition coefficient (Wildman–Crippen LogP) is 0.449. The first-order valence-corrected chi connectivity index (χ1v) is 0. The zero-order valence-corrected chi connectivity index (χ0v) is 8.89. The fraction of sp³-hybridized carbons (Fsp3) is 0. The van der Waals surface area contributed by atoms with E-state index in [4.69, 9.17) is 0 Å². The maximum atomic E-state index is 0. The molecule has 0 saturated heterocycles. The molecule has 0 unspecified atom stereocenters. The van der Waals surface area contributed by atoms with Gasteiger partial charge in [-0.1, -0.05) is 0 Å². The second kappa shape index (κ2) is 36.9. The molecule has 0 saturated carbocycles. The van der Waals surface area contributed by atoms with Crippen LogP contribution in [-0.2, 0) is 19.8 Å². The van der Waals surface area contributed by atoms with Crippen LogP contribution in [0.5, 0.6) is 0 Å². The first kappa shape index (κ1) is 61.8. The van der Waals surface area contributed by atoms with Gasteiger partial charge in [0.1, 0.15) is 0 Å². The third kappa shape index (κ3) is 23.7. The third-order valence-electron chi connectivity index (χ3n) is 0. The molecular formula is H8OsS4. The van der Waals surface area contributed by atoms with Crippen molar-refractivity contribution in [3.63, 3.8) is 0 Å². The molecule has 0 atom stereocenters. The van der Waals surface area contributed by atoms with Crippen molar-refractivity contribution in [3.05, 3.63) is 0 Å². The summed E-state index contributed by atoms with van der Waals surface area (Å²) in [5.41, 5.74) is 0. The molecule has 5 heavy (non-hydrogen) atoms. The predicted molar refractivity (Wildman–Crippen MR) is 41.5 cm³/mol. The average Bonchev–Trinajstić information content (AvgIpc) is 0. The topological polar surface area (TPSA) is 0 Å². The Morgan fingerprint density at radius 1 is 0.400 bits per heavy atom. The smallest absolute Gasteiger partial charge is 0 e. The van der Waals surface area contributed by atoms with Gasteiger partial charge >= 0.3 is 0 Å². The van der Waals surface area contributed by atoms with E-state index in [-0.39, 0.29) is 73.8 Å². The third-order valence-corrected chi connectivity index (χ3v) is 0. The number of hydrogen-bond acceptors (Lipinski definition) is 0. The quantitative estimate of drug-likeness (QED) is 0.606. The van der Waals surface area contributed by atoms with Gasteiger partial charge in [0.05, 0.1) is 0 Å². The molecule has 0 rings (SSSR count). The minimum absolute atomic E-state index is 0. The largest absolute Gasteiger partial charge is 0.197 e. The molecule has 0 radical (unpaired) electrons. The van der Waals surface area contributed by atoms with Crippen LogP contribution in [0.2, 0.25) is 0 Å². The van der Waals surface area contributed by atoms with Crippen LogP contribution >= 0.6 is 54.0 Å². The van der Waals surface area contributed by atoms with Crippen molar-refractivity contribution in [1.82, 2.24) is 0 Å². The van der Waals surface area contributed by atoms with Crippen molar-refractivity contribution in [2.75, 3.05) is 0 Å². The van der Waals surface area contributed by atoms with Crippen molar-refractivity contribution in [2.45, 2.75) is 0 Å². The van der Waals surface area contributed by atoms with Crippen molar-refractivity contribution in [1.29, 1.82) is 0 Å². The summed E-state index contributed by atoms with van der Waals surface area (Å²) in [7, 11) is 0. The van der Waals surface area contributed by atoms with E-state index in [1.807, 2.05) is 0 Å². The van der Waals surface area contributed by atoms with Crippen LogP contribution in [0.15, 0.2) is 0 Å². The average molecular weight is 327 g/mol. The molecule has 0 N–H and O–H groups in total. The van der Waals surface area contributed by atoms with Crippen LogP contribution in [0.1, 0.15) is 0 Å². The molecule has 0 aromatic heterocycles. The Kier molecular flexibility index (Phi) is 457. The van der Waals surface area contributed by atoms with Crippen LogP contribution in [0.4, 0.5) is 0 Å². The van der Waals surface area contributed by atoms with Crippen LogP contribution in [-0.4, -0.2) is 0 Å². The minimum atomic E-state index is 0. The molecule has 0 spiro atoms. The summed E-state index contributed by atoms with van der Waals surface area (Å²) in [5, 5.41) is 0. The molecule has 0 nitrogen and oxygen atoms in total. The Morgan fingerprint density at radius 2 is 0.400 bits per heavy atom. The molecule has 0 aliphatic heterocycles. The van der Waals surface area contributed by atoms with Gasteiger partial charge in [-0.2, -0.15) is 54.0 Å². The van der Waals surface area contributed by atoms with E-state index in [1.54, 1.807) is 0 Å². The van der Waals surface area contributed by atoms with Crippen molar-refractivity contribution in [2.24, 2.45) is 0 Å². The molecule has 5 heteroatoms. The maximum Gasteiger partial charge on any atom is 0 e. The van der Waals surface area contributed by atoms with Gasteiger partial charge in [-0.25, -0.2) is 0 Å². The Hall–Kier alpha value is 2.04. The summed E-state index contributed by atoms with van der Waals surface area (Å²) in [6, 6.07) is 0. The molecular weight excluding hydrogens is 318 g/mol. The number of hydrogen-bond donors (Lipinski definition) is 0. The fourth-order valence-corrected chi connectivity index (χ4v) is 0. The summed E-state index contributed by atoms with van der Waals surface area (Å²) in [4.78, 5) is 0. The second-order valence-corrected chi connectivity index (χ2v) is 0. The van der Waals surface area contributed by atoms with Crippen LogP contribution in [0, 0.1) is 0 Å². The van der Waals surface area contributed by atoms with Gasteiger partial charge < -0.3 is 0 Å². The maximum absolute atomic E-state index is 0. The zero-order chi connectivity index (χ0) is 0. The summed E-state index contributed by atoms with van der Waals surface area (Å²) >= 11 is 0. The fourth-order valence-electron chi connectivity index (χ4n) is 0. The van der Waals surface area contributed by atoms with Crippen LogP contribution in [0.25, 0.3) is 0 Å². The second-order valence-electron chi connectivity index (χ2n) is 0. The van der Waals surface area contributed by atoms with Crippen molar-refractivity contribution < 1.29 is 19.8 Å². The Morgan fingerprint density at radius 3 is 0.400 bits per heavy atom. The Labute approximate surface area is 73.3 Å². The zero-order valence-electron chi connectivity index (χ0n) is 2.35. The molecule has 0 aliphatic rings. The van der Waals surface area contributed by atoms with Crippen molar-refractivity contribution >= 4 is 54.0 Å². The summed E-state index contributed by atoms with van der Waals surface area (Å²) < 4.78 is 0. The summed E-state index contributed by atoms with van der Waals surface area (Å²) in [6.45, 7) is 0.